The Labute approximate surface area is 74.7 Å². The monoisotopic (exact) mass is 258 g/mol. The Bertz CT molecular complexity index is 105. The van der Waals surface area contributed by atoms with E-state index in [1.165, 1.54) is 5.70 Å². The second-order valence-electron chi connectivity index (χ2n) is 1.52. The van der Waals surface area contributed by atoms with E-state index in [2.05, 4.69) is 28.2 Å². The zero-order chi connectivity index (χ0) is 7.28. The lowest BCUT2D eigenvalue weighted by Gasteiger charge is -2.07. The van der Waals surface area contributed by atoms with Gasteiger partial charge in [0.15, 0.2) is 0 Å². The molecule has 0 rings (SSSR count). The van der Waals surface area contributed by atoms with Crippen molar-refractivity contribution in [1.82, 2.24) is 7.84 Å². The van der Waals surface area contributed by atoms with Crippen LogP contribution >= 0.6 is 34.8 Å². The molecule has 9 heavy (non-hydrogen) atoms. The molecule has 4 heteroatoms. The predicted octanol–water partition coefficient (Wildman–Crippen LogP) is 2.00. The fourth-order valence-electron chi connectivity index (χ4n) is 0.270. The number of hydrogen-bond donors (Lipinski definition) is 1. The summed E-state index contributed by atoms with van der Waals surface area (Å²) < 4.78 is 2.02. The number of nitrogens with zero attached hydrogens (tertiary/aromatic N) is 1. The molecule has 1 N–H and O–H groups in total. The Morgan fingerprint density at radius 1 is 1.78 bits per heavy atom. The van der Waals surface area contributed by atoms with Gasteiger partial charge in [0.05, 0.1) is 22.9 Å². The molecule has 0 spiro atoms. The van der Waals surface area contributed by atoms with Crippen molar-refractivity contribution in [3.8, 4) is 0 Å². The first-order chi connectivity index (χ1) is 4.20. The number of rotatable bonds is 3. The number of nitrogens with one attached hydrogen (secondary N) is 1. The summed E-state index contributed by atoms with van der Waals surface area (Å²) in [4.78, 5) is 0. The summed E-state index contributed by atoms with van der Waals surface area (Å²) in [7, 11) is 1.91. The van der Waals surface area contributed by atoms with Crippen molar-refractivity contribution >= 4 is 34.8 Å². The van der Waals surface area contributed by atoms with Crippen molar-refractivity contribution in [2.75, 3.05) is 13.3 Å². The van der Waals surface area contributed by atoms with Crippen LogP contribution in [0.15, 0.2) is 11.9 Å². The molecule has 54 valence electrons. The van der Waals surface area contributed by atoms with Crippen LogP contribution in [0.5, 0.6) is 0 Å². The van der Waals surface area contributed by atoms with Crippen LogP contribution in [0.2, 0.25) is 0 Å². The number of halogens is 1. The molecule has 0 bridgehead atoms. The summed E-state index contributed by atoms with van der Waals surface area (Å²) >= 11 is 3.90. The molecule has 0 saturated carbocycles. The van der Waals surface area contributed by atoms with Gasteiger partial charge >= 0.3 is 0 Å². The van der Waals surface area contributed by atoms with Crippen molar-refractivity contribution < 1.29 is 0 Å². The van der Waals surface area contributed by atoms with E-state index < -0.39 is 0 Å². The quantitative estimate of drug-likeness (QED) is 0.473. The van der Waals surface area contributed by atoms with Gasteiger partial charge in [-0.2, -0.15) is 0 Å². The summed E-state index contributed by atoms with van der Waals surface area (Å²) in [5.41, 5.74) is 1.17. The average Bonchev–Trinajstić information content (AvgIpc) is 1.87. The van der Waals surface area contributed by atoms with Gasteiger partial charge in [0, 0.05) is 25.2 Å². The van der Waals surface area contributed by atoms with Gasteiger partial charge < -0.3 is 5.32 Å². The van der Waals surface area contributed by atoms with E-state index >= 15 is 0 Å². The molecule has 0 aliphatic rings. The third-order valence-corrected chi connectivity index (χ3v) is 2.78. The molecule has 0 amide bonds. The van der Waals surface area contributed by atoms with E-state index in [0.29, 0.717) is 0 Å². The Morgan fingerprint density at radius 3 is 2.67 bits per heavy atom. The maximum absolute atomic E-state index is 3.03. The second kappa shape index (κ2) is 5.22. The van der Waals surface area contributed by atoms with Crippen LogP contribution in [0.1, 0.15) is 6.92 Å². The van der Waals surface area contributed by atoms with Crippen LogP contribution in [-0.2, 0) is 0 Å². The van der Waals surface area contributed by atoms with E-state index in [9.17, 15) is 0 Å². The minimum atomic E-state index is 1.17. The fourth-order valence-corrected chi connectivity index (χ4v) is 0.951. The highest BCUT2D eigenvalue weighted by Gasteiger charge is 1.88. The molecular formula is C5H11IN2S. The lowest BCUT2D eigenvalue weighted by atomic mass is 10.5. The highest BCUT2D eigenvalue weighted by atomic mass is 127. The Morgan fingerprint density at radius 2 is 2.33 bits per heavy atom. The topological polar surface area (TPSA) is 15.3 Å². The summed E-state index contributed by atoms with van der Waals surface area (Å²) in [6, 6.07) is 0. The van der Waals surface area contributed by atoms with Gasteiger partial charge in [0.25, 0.3) is 0 Å². The fraction of sp³-hybridized carbons (Fsp3) is 0.600. The summed E-state index contributed by atoms with van der Waals surface area (Å²) in [6.07, 6.45) is 4.07. The van der Waals surface area contributed by atoms with E-state index in [-0.39, 0.29) is 0 Å². The third-order valence-electron chi connectivity index (χ3n) is 0.864. The van der Waals surface area contributed by atoms with Crippen LogP contribution in [0.25, 0.3) is 0 Å². The molecule has 0 aliphatic carbocycles. The molecular weight excluding hydrogens is 247 g/mol. The largest absolute Gasteiger partial charge is 0.390 e. The van der Waals surface area contributed by atoms with Crippen molar-refractivity contribution in [2.45, 2.75) is 6.92 Å². The Balaban J connectivity index is 3.64. The number of allylic oxidation sites excluding steroid dienone is 1. The molecule has 0 aromatic heterocycles. The summed E-state index contributed by atoms with van der Waals surface area (Å²) in [5.74, 6) is 0. The molecule has 2 nitrogen and oxygen atoms in total. The van der Waals surface area contributed by atoms with Gasteiger partial charge in [-0.15, -0.1) is 0 Å². The van der Waals surface area contributed by atoms with Gasteiger partial charge in [0.2, 0.25) is 0 Å². The predicted molar refractivity (Wildman–Crippen MR) is 52.2 cm³/mol. The first-order valence-corrected chi connectivity index (χ1v) is 4.70. The van der Waals surface area contributed by atoms with Gasteiger partial charge in [-0.05, 0) is 18.9 Å². The summed E-state index contributed by atoms with van der Waals surface area (Å²) in [5, 5.41) is 3.03. The van der Waals surface area contributed by atoms with Gasteiger partial charge in [0.1, 0.15) is 0 Å². The SMILES string of the molecule is CN/C(C)=C/N(I)SC. The normalized spacial score (nSPS) is 11.3. The highest BCUT2D eigenvalue weighted by molar-refractivity contribution is 14.1. The van der Waals surface area contributed by atoms with Crippen molar-refractivity contribution in [2.24, 2.45) is 0 Å². The smallest absolute Gasteiger partial charge is 0.0707 e. The molecule has 0 aliphatic heterocycles. The maximum Gasteiger partial charge on any atom is 0.0707 e. The first-order valence-electron chi connectivity index (χ1n) is 2.56. The zero-order valence-electron chi connectivity index (χ0n) is 5.81. The molecule has 0 radical (unpaired) electrons. The van der Waals surface area contributed by atoms with E-state index in [1.54, 1.807) is 11.9 Å². The van der Waals surface area contributed by atoms with Gasteiger partial charge in [-0.25, -0.2) is 0 Å². The average molecular weight is 258 g/mol. The van der Waals surface area contributed by atoms with Crippen molar-refractivity contribution in [3.63, 3.8) is 0 Å². The van der Waals surface area contributed by atoms with Crippen LogP contribution in [0.3, 0.4) is 0 Å². The van der Waals surface area contributed by atoms with Crippen LogP contribution < -0.4 is 5.32 Å². The molecule has 0 unspecified atom stereocenters. The molecule has 0 fully saturated rings. The highest BCUT2D eigenvalue weighted by Crippen LogP contribution is 2.13. The minimum absolute atomic E-state index is 1.17. The molecule has 0 aromatic carbocycles. The number of hydrogen-bond acceptors (Lipinski definition) is 3. The van der Waals surface area contributed by atoms with Crippen LogP contribution in [0, 0.1) is 0 Å². The second-order valence-corrected chi connectivity index (χ2v) is 3.97. The Hall–Kier alpha value is 0.420. The molecule has 0 saturated heterocycles. The van der Waals surface area contributed by atoms with Gasteiger partial charge in [-0.3, -0.25) is 2.52 Å². The lowest BCUT2D eigenvalue weighted by molar-refractivity contribution is 0.939. The Kier molecular flexibility index (Phi) is 5.47. The third kappa shape index (κ3) is 4.90. The maximum atomic E-state index is 3.03. The summed E-state index contributed by atoms with van der Waals surface area (Å²) in [6.45, 7) is 2.03. The molecule has 0 atom stereocenters. The first kappa shape index (κ1) is 9.42. The van der Waals surface area contributed by atoms with E-state index in [0.717, 1.165) is 0 Å². The minimum Gasteiger partial charge on any atom is -0.390 e. The van der Waals surface area contributed by atoms with Crippen molar-refractivity contribution in [1.29, 1.82) is 0 Å². The standard InChI is InChI=1S/C5H11IN2S/c1-5(7-2)4-8(6)9-3/h4,7H,1-3H3/b5-4+. The zero-order valence-corrected chi connectivity index (χ0v) is 8.78. The van der Waals surface area contributed by atoms with E-state index in [1.807, 2.05) is 28.9 Å². The van der Waals surface area contributed by atoms with E-state index in [4.69, 9.17) is 0 Å². The van der Waals surface area contributed by atoms with Crippen molar-refractivity contribution in [3.05, 3.63) is 11.9 Å². The van der Waals surface area contributed by atoms with Crippen LogP contribution in [0.4, 0.5) is 0 Å². The molecule has 0 aromatic rings. The van der Waals surface area contributed by atoms with Gasteiger partial charge in [-0.1, -0.05) is 0 Å². The molecule has 0 heterocycles. The lowest BCUT2D eigenvalue weighted by Crippen LogP contribution is -2.04. The van der Waals surface area contributed by atoms with Crippen LogP contribution in [-0.4, -0.2) is 15.8 Å².